The molecule has 0 aliphatic heterocycles. The monoisotopic (exact) mass is 371 g/mol. The Hall–Kier alpha value is -2.47. The van der Waals surface area contributed by atoms with Crippen molar-refractivity contribution in [1.82, 2.24) is 0 Å². The fourth-order valence-corrected chi connectivity index (χ4v) is 4.26. The number of nitrogens with one attached hydrogen (secondary N) is 1. The number of rotatable bonds is 7. The van der Waals surface area contributed by atoms with Gasteiger partial charge in [-0.1, -0.05) is 31.0 Å². The Balaban J connectivity index is 1.70. The van der Waals surface area contributed by atoms with E-state index in [2.05, 4.69) is 5.32 Å². The predicted octanol–water partition coefficient (Wildman–Crippen LogP) is 4.44. The van der Waals surface area contributed by atoms with Gasteiger partial charge in [0.2, 0.25) is 0 Å². The first kappa shape index (κ1) is 18.3. The number of hydrogen-bond donors (Lipinski definition) is 2. The van der Waals surface area contributed by atoms with Gasteiger partial charge in [-0.05, 0) is 43.2 Å². The lowest BCUT2D eigenvalue weighted by molar-refractivity contribution is -0.139. The van der Waals surface area contributed by atoms with Crippen LogP contribution in [0.5, 0.6) is 5.75 Å². The summed E-state index contributed by atoms with van der Waals surface area (Å²) in [6.07, 6.45) is 4.98. The summed E-state index contributed by atoms with van der Waals surface area (Å²) in [5, 5.41) is 12.3. The molecule has 6 heteroatoms. The minimum absolute atomic E-state index is 0.245. The summed E-state index contributed by atoms with van der Waals surface area (Å²) in [4.78, 5) is 24.3. The molecule has 0 radical (unpaired) electrons. The van der Waals surface area contributed by atoms with Crippen molar-refractivity contribution < 1.29 is 19.4 Å². The zero-order valence-corrected chi connectivity index (χ0v) is 15.1. The van der Waals surface area contributed by atoms with Crippen LogP contribution in [-0.2, 0) is 4.79 Å². The van der Waals surface area contributed by atoms with Crippen LogP contribution >= 0.6 is 11.8 Å². The zero-order valence-electron chi connectivity index (χ0n) is 14.3. The maximum absolute atomic E-state index is 12.6. The van der Waals surface area contributed by atoms with Crippen LogP contribution < -0.4 is 10.1 Å². The minimum Gasteiger partial charge on any atom is -0.482 e. The SMILES string of the molecule is O=C(O)COc1cccc(C(=O)Nc2ccccc2SC2CCCC2)c1. The summed E-state index contributed by atoms with van der Waals surface area (Å²) >= 11 is 1.82. The van der Waals surface area contributed by atoms with E-state index in [0.717, 1.165) is 10.6 Å². The molecule has 0 atom stereocenters. The van der Waals surface area contributed by atoms with Gasteiger partial charge in [0.05, 0.1) is 5.69 Å². The van der Waals surface area contributed by atoms with Gasteiger partial charge in [0.1, 0.15) is 5.75 Å². The van der Waals surface area contributed by atoms with Crippen molar-refractivity contribution in [1.29, 1.82) is 0 Å². The zero-order chi connectivity index (χ0) is 18.4. The smallest absolute Gasteiger partial charge is 0.341 e. The number of carboxylic acid groups (broad SMARTS) is 1. The molecule has 1 aliphatic carbocycles. The van der Waals surface area contributed by atoms with Gasteiger partial charge in [-0.3, -0.25) is 4.79 Å². The Bertz CT molecular complexity index is 787. The highest BCUT2D eigenvalue weighted by Crippen LogP contribution is 2.38. The summed E-state index contributed by atoms with van der Waals surface area (Å²) in [7, 11) is 0. The maximum atomic E-state index is 12.6. The van der Waals surface area contributed by atoms with Crippen molar-refractivity contribution in [2.75, 3.05) is 11.9 Å². The number of ether oxygens (including phenoxy) is 1. The van der Waals surface area contributed by atoms with Gasteiger partial charge >= 0.3 is 5.97 Å². The highest BCUT2D eigenvalue weighted by molar-refractivity contribution is 8.00. The van der Waals surface area contributed by atoms with Crippen molar-refractivity contribution in [3.05, 3.63) is 54.1 Å². The second-order valence-electron chi connectivity index (χ2n) is 6.18. The van der Waals surface area contributed by atoms with E-state index in [1.54, 1.807) is 24.3 Å². The van der Waals surface area contributed by atoms with E-state index in [4.69, 9.17) is 9.84 Å². The van der Waals surface area contributed by atoms with E-state index in [0.29, 0.717) is 16.6 Å². The van der Waals surface area contributed by atoms with E-state index in [1.165, 1.54) is 25.7 Å². The lowest BCUT2D eigenvalue weighted by Crippen LogP contribution is -2.14. The molecule has 136 valence electrons. The molecule has 0 unspecified atom stereocenters. The molecule has 26 heavy (non-hydrogen) atoms. The van der Waals surface area contributed by atoms with Crippen molar-refractivity contribution in [3.63, 3.8) is 0 Å². The topological polar surface area (TPSA) is 75.6 Å². The van der Waals surface area contributed by atoms with E-state index < -0.39 is 12.6 Å². The second-order valence-corrected chi connectivity index (χ2v) is 7.53. The van der Waals surface area contributed by atoms with E-state index in [1.807, 2.05) is 36.0 Å². The molecule has 0 bridgehead atoms. The molecule has 1 fully saturated rings. The Labute approximate surface area is 156 Å². The van der Waals surface area contributed by atoms with Crippen molar-refractivity contribution in [2.24, 2.45) is 0 Å². The fourth-order valence-electron chi connectivity index (χ4n) is 2.93. The molecular formula is C20H21NO4S. The van der Waals surface area contributed by atoms with E-state index >= 15 is 0 Å². The van der Waals surface area contributed by atoms with Gasteiger partial charge in [-0.2, -0.15) is 0 Å². The molecule has 2 aromatic carbocycles. The van der Waals surface area contributed by atoms with Crippen LogP contribution in [0.15, 0.2) is 53.4 Å². The molecule has 0 saturated heterocycles. The molecule has 0 heterocycles. The molecule has 5 nitrogen and oxygen atoms in total. The molecule has 2 N–H and O–H groups in total. The number of benzene rings is 2. The Morgan fingerprint density at radius 2 is 1.88 bits per heavy atom. The number of carbonyl (C=O) groups is 2. The number of carbonyl (C=O) groups excluding carboxylic acids is 1. The third kappa shape index (κ3) is 5.02. The third-order valence-corrected chi connectivity index (χ3v) is 5.60. The van der Waals surface area contributed by atoms with Gasteiger partial charge in [-0.15, -0.1) is 11.8 Å². The number of carboxylic acids is 1. The van der Waals surface area contributed by atoms with Gasteiger partial charge in [-0.25, -0.2) is 4.79 Å². The first-order valence-corrected chi connectivity index (χ1v) is 9.51. The maximum Gasteiger partial charge on any atom is 0.341 e. The van der Waals surface area contributed by atoms with Crippen molar-refractivity contribution in [2.45, 2.75) is 35.8 Å². The number of amides is 1. The van der Waals surface area contributed by atoms with Crippen LogP contribution in [-0.4, -0.2) is 28.8 Å². The number of aliphatic carboxylic acids is 1. The van der Waals surface area contributed by atoms with Gasteiger partial charge in [0, 0.05) is 15.7 Å². The average molecular weight is 371 g/mol. The normalized spacial score (nSPS) is 14.2. The van der Waals surface area contributed by atoms with Crippen LogP contribution in [0.4, 0.5) is 5.69 Å². The van der Waals surface area contributed by atoms with Crippen LogP contribution in [0.2, 0.25) is 0 Å². The van der Waals surface area contributed by atoms with Gasteiger partial charge in [0.15, 0.2) is 6.61 Å². The Kier molecular flexibility index (Phi) is 6.17. The lowest BCUT2D eigenvalue weighted by Gasteiger charge is -2.14. The van der Waals surface area contributed by atoms with Gasteiger partial charge in [0.25, 0.3) is 5.91 Å². The Morgan fingerprint density at radius 1 is 1.12 bits per heavy atom. The summed E-state index contributed by atoms with van der Waals surface area (Å²) in [6.45, 7) is -0.439. The van der Waals surface area contributed by atoms with Crippen LogP contribution in [0.25, 0.3) is 0 Å². The van der Waals surface area contributed by atoms with Crippen molar-refractivity contribution >= 4 is 29.3 Å². The molecule has 0 spiro atoms. The largest absolute Gasteiger partial charge is 0.482 e. The molecule has 3 rings (SSSR count). The van der Waals surface area contributed by atoms with Crippen LogP contribution in [0.3, 0.4) is 0 Å². The first-order chi connectivity index (χ1) is 12.6. The number of anilines is 1. The summed E-state index contributed by atoms with van der Waals surface area (Å²) in [5.74, 6) is -0.948. The summed E-state index contributed by atoms with van der Waals surface area (Å²) in [5.41, 5.74) is 1.22. The fraction of sp³-hybridized carbons (Fsp3) is 0.300. The highest BCUT2D eigenvalue weighted by atomic mass is 32.2. The molecular weight excluding hydrogens is 350 g/mol. The van der Waals surface area contributed by atoms with E-state index in [-0.39, 0.29) is 5.91 Å². The molecule has 0 aromatic heterocycles. The third-order valence-electron chi connectivity index (χ3n) is 4.19. The molecule has 2 aromatic rings. The molecule has 1 saturated carbocycles. The van der Waals surface area contributed by atoms with E-state index in [9.17, 15) is 9.59 Å². The Morgan fingerprint density at radius 3 is 2.65 bits per heavy atom. The minimum atomic E-state index is -1.06. The quantitative estimate of drug-likeness (QED) is 0.753. The average Bonchev–Trinajstić information content (AvgIpc) is 3.15. The lowest BCUT2D eigenvalue weighted by atomic mass is 10.2. The van der Waals surface area contributed by atoms with Crippen molar-refractivity contribution in [3.8, 4) is 5.75 Å². The summed E-state index contributed by atoms with van der Waals surface area (Å²) in [6, 6.07) is 14.3. The number of thioether (sulfide) groups is 1. The number of para-hydroxylation sites is 1. The highest BCUT2D eigenvalue weighted by Gasteiger charge is 2.18. The second kappa shape index (κ2) is 8.76. The molecule has 1 amide bonds. The first-order valence-electron chi connectivity index (χ1n) is 8.63. The summed E-state index contributed by atoms with van der Waals surface area (Å²) < 4.78 is 5.14. The van der Waals surface area contributed by atoms with Gasteiger partial charge < -0.3 is 15.2 Å². The van der Waals surface area contributed by atoms with Crippen LogP contribution in [0, 0.1) is 0 Å². The standard InChI is InChI=1S/C20H21NO4S/c22-19(23)13-25-15-7-5-6-14(12-15)20(24)21-17-10-3-4-11-18(17)26-16-8-1-2-9-16/h3-7,10-12,16H,1-2,8-9,13H2,(H,21,24)(H,22,23). The number of hydrogen-bond acceptors (Lipinski definition) is 4. The predicted molar refractivity (Wildman–Crippen MR) is 102 cm³/mol. The van der Waals surface area contributed by atoms with Crippen LogP contribution in [0.1, 0.15) is 36.0 Å². The molecule has 1 aliphatic rings.